The molecular formula is C15H21N3O3. The van der Waals surface area contributed by atoms with Crippen molar-refractivity contribution in [2.24, 2.45) is 0 Å². The predicted octanol–water partition coefficient (Wildman–Crippen LogP) is 0.944. The Morgan fingerprint density at radius 1 is 1.38 bits per heavy atom. The van der Waals surface area contributed by atoms with Crippen LogP contribution in [0.3, 0.4) is 0 Å². The second kappa shape index (κ2) is 5.35. The van der Waals surface area contributed by atoms with Gasteiger partial charge in [-0.2, -0.15) is 0 Å². The molecule has 6 nitrogen and oxygen atoms in total. The van der Waals surface area contributed by atoms with Crippen molar-refractivity contribution in [2.45, 2.75) is 39.8 Å². The van der Waals surface area contributed by atoms with Gasteiger partial charge in [0, 0.05) is 17.3 Å². The molecule has 0 spiro atoms. The Kier molecular flexibility index (Phi) is 3.89. The van der Waals surface area contributed by atoms with E-state index in [1.165, 1.54) is 0 Å². The molecule has 0 atom stereocenters. The SMILES string of the molecule is COc1c(C)cnc(CN2C(=O)CNC(=O)C2(C)C)c1C. The van der Waals surface area contributed by atoms with Gasteiger partial charge >= 0.3 is 0 Å². The van der Waals surface area contributed by atoms with Crippen molar-refractivity contribution >= 4 is 11.8 Å². The third-order valence-corrected chi connectivity index (χ3v) is 3.99. The summed E-state index contributed by atoms with van der Waals surface area (Å²) in [6.07, 6.45) is 1.72. The van der Waals surface area contributed by atoms with E-state index in [4.69, 9.17) is 4.74 Å². The summed E-state index contributed by atoms with van der Waals surface area (Å²) in [5.41, 5.74) is 1.70. The second-order valence-corrected chi connectivity index (χ2v) is 5.77. The van der Waals surface area contributed by atoms with Gasteiger partial charge in [-0.05, 0) is 27.7 Å². The number of carbonyl (C=O) groups excluding carboxylic acids is 2. The van der Waals surface area contributed by atoms with Crippen molar-refractivity contribution in [3.63, 3.8) is 0 Å². The van der Waals surface area contributed by atoms with Crippen LogP contribution in [0.15, 0.2) is 6.20 Å². The molecule has 6 heteroatoms. The third-order valence-electron chi connectivity index (χ3n) is 3.99. The monoisotopic (exact) mass is 291 g/mol. The van der Waals surface area contributed by atoms with Gasteiger partial charge in [0.1, 0.15) is 11.3 Å². The van der Waals surface area contributed by atoms with Crippen LogP contribution in [0.5, 0.6) is 5.75 Å². The van der Waals surface area contributed by atoms with E-state index in [2.05, 4.69) is 10.3 Å². The minimum absolute atomic E-state index is 0.0321. The number of piperazine rings is 1. The molecule has 0 bridgehead atoms. The molecule has 0 aromatic carbocycles. The molecule has 0 radical (unpaired) electrons. The van der Waals surface area contributed by atoms with Crippen LogP contribution in [0, 0.1) is 13.8 Å². The van der Waals surface area contributed by atoms with Gasteiger partial charge in [-0.1, -0.05) is 0 Å². The number of ether oxygens (including phenoxy) is 1. The predicted molar refractivity (Wildman–Crippen MR) is 77.9 cm³/mol. The molecule has 0 saturated carbocycles. The molecule has 2 heterocycles. The quantitative estimate of drug-likeness (QED) is 0.900. The molecule has 1 fully saturated rings. The van der Waals surface area contributed by atoms with Crippen molar-refractivity contribution in [1.29, 1.82) is 0 Å². The lowest BCUT2D eigenvalue weighted by Crippen LogP contribution is -2.63. The van der Waals surface area contributed by atoms with Crippen LogP contribution in [-0.4, -0.2) is 40.9 Å². The lowest BCUT2D eigenvalue weighted by atomic mass is 9.97. The first-order valence-electron chi connectivity index (χ1n) is 6.87. The van der Waals surface area contributed by atoms with Gasteiger partial charge in [-0.3, -0.25) is 14.6 Å². The molecule has 1 aromatic rings. The first-order valence-corrected chi connectivity index (χ1v) is 6.87. The molecule has 21 heavy (non-hydrogen) atoms. The van der Waals surface area contributed by atoms with Crippen LogP contribution >= 0.6 is 0 Å². The number of aromatic nitrogens is 1. The van der Waals surface area contributed by atoms with Gasteiger partial charge in [-0.25, -0.2) is 0 Å². The molecule has 1 N–H and O–H groups in total. The highest BCUT2D eigenvalue weighted by Gasteiger charge is 2.41. The number of hydrogen-bond acceptors (Lipinski definition) is 4. The number of carbonyl (C=O) groups is 2. The zero-order chi connectivity index (χ0) is 15.8. The highest BCUT2D eigenvalue weighted by molar-refractivity contribution is 5.97. The smallest absolute Gasteiger partial charge is 0.245 e. The van der Waals surface area contributed by atoms with E-state index in [0.717, 1.165) is 22.6 Å². The van der Waals surface area contributed by atoms with Crippen LogP contribution in [0.4, 0.5) is 0 Å². The second-order valence-electron chi connectivity index (χ2n) is 5.77. The fourth-order valence-corrected chi connectivity index (χ4v) is 2.57. The summed E-state index contributed by atoms with van der Waals surface area (Å²) >= 11 is 0. The number of hydrogen-bond donors (Lipinski definition) is 1. The molecule has 2 rings (SSSR count). The van der Waals surface area contributed by atoms with E-state index in [1.807, 2.05) is 13.8 Å². The normalized spacial score (nSPS) is 17.7. The lowest BCUT2D eigenvalue weighted by molar-refractivity contribution is -0.152. The topological polar surface area (TPSA) is 71.5 Å². The molecule has 1 aliphatic heterocycles. The fourth-order valence-electron chi connectivity index (χ4n) is 2.57. The molecule has 1 aromatic heterocycles. The Labute approximate surface area is 124 Å². The van der Waals surface area contributed by atoms with Crippen molar-refractivity contribution in [1.82, 2.24) is 15.2 Å². The Morgan fingerprint density at radius 3 is 2.67 bits per heavy atom. The number of methoxy groups -OCH3 is 1. The largest absolute Gasteiger partial charge is 0.496 e. The molecule has 2 amide bonds. The highest BCUT2D eigenvalue weighted by Crippen LogP contribution is 2.27. The zero-order valence-electron chi connectivity index (χ0n) is 13.1. The maximum atomic E-state index is 12.1. The van der Waals surface area contributed by atoms with Crippen LogP contribution in [0.2, 0.25) is 0 Å². The zero-order valence-corrected chi connectivity index (χ0v) is 13.1. The minimum atomic E-state index is -0.887. The average Bonchev–Trinajstić information content (AvgIpc) is 2.42. The van der Waals surface area contributed by atoms with Crippen molar-refractivity contribution in [3.05, 3.63) is 23.0 Å². The summed E-state index contributed by atoms with van der Waals surface area (Å²) in [5.74, 6) is 0.505. The molecular weight excluding hydrogens is 270 g/mol. The number of aryl methyl sites for hydroxylation is 1. The van der Waals surface area contributed by atoms with Crippen LogP contribution in [-0.2, 0) is 16.1 Å². The maximum absolute atomic E-state index is 12.1. The highest BCUT2D eigenvalue weighted by atomic mass is 16.5. The summed E-state index contributed by atoms with van der Waals surface area (Å²) in [4.78, 5) is 30.1. The first-order chi connectivity index (χ1) is 9.78. The van der Waals surface area contributed by atoms with Crippen LogP contribution < -0.4 is 10.1 Å². The summed E-state index contributed by atoms with van der Waals surface area (Å²) in [7, 11) is 1.61. The van der Waals surface area contributed by atoms with Gasteiger partial charge in [0.15, 0.2) is 0 Å². The Bertz CT molecular complexity index is 596. The minimum Gasteiger partial charge on any atom is -0.496 e. The van der Waals surface area contributed by atoms with E-state index >= 15 is 0 Å². The molecule has 0 unspecified atom stereocenters. The first kappa shape index (κ1) is 15.3. The Hall–Kier alpha value is -2.11. The molecule has 1 aliphatic rings. The summed E-state index contributed by atoms with van der Waals surface area (Å²) in [6, 6.07) is 0. The van der Waals surface area contributed by atoms with Gasteiger partial charge in [-0.15, -0.1) is 0 Å². The summed E-state index contributed by atoms with van der Waals surface area (Å²) in [6.45, 7) is 7.63. The van der Waals surface area contributed by atoms with Gasteiger partial charge < -0.3 is 15.0 Å². The lowest BCUT2D eigenvalue weighted by Gasteiger charge is -2.41. The van der Waals surface area contributed by atoms with Crippen LogP contribution in [0.25, 0.3) is 0 Å². The molecule has 0 aliphatic carbocycles. The van der Waals surface area contributed by atoms with Gasteiger partial charge in [0.25, 0.3) is 0 Å². The van der Waals surface area contributed by atoms with E-state index in [-0.39, 0.29) is 18.4 Å². The maximum Gasteiger partial charge on any atom is 0.245 e. The number of pyridine rings is 1. The van der Waals surface area contributed by atoms with Crippen molar-refractivity contribution in [2.75, 3.05) is 13.7 Å². The third kappa shape index (κ3) is 2.57. The standard InChI is InChI=1S/C15H21N3O3/c1-9-6-16-11(10(2)13(9)21-5)8-18-12(19)7-17-14(20)15(18,3)4/h6H,7-8H2,1-5H3,(H,17,20). The van der Waals surface area contributed by atoms with Crippen molar-refractivity contribution in [3.8, 4) is 5.75 Å². The van der Waals surface area contributed by atoms with E-state index < -0.39 is 5.54 Å². The van der Waals surface area contributed by atoms with E-state index in [1.54, 1.807) is 32.1 Å². The van der Waals surface area contributed by atoms with Gasteiger partial charge in [0.2, 0.25) is 11.8 Å². The average molecular weight is 291 g/mol. The number of amides is 2. The number of rotatable bonds is 3. The molecule has 1 saturated heterocycles. The number of nitrogens with zero attached hydrogens (tertiary/aromatic N) is 2. The Morgan fingerprint density at radius 2 is 2.05 bits per heavy atom. The Balaban J connectivity index is 2.37. The van der Waals surface area contributed by atoms with Crippen LogP contribution in [0.1, 0.15) is 30.7 Å². The van der Waals surface area contributed by atoms with E-state index in [9.17, 15) is 9.59 Å². The molecule has 114 valence electrons. The summed E-state index contributed by atoms with van der Waals surface area (Å²) < 4.78 is 5.38. The van der Waals surface area contributed by atoms with Gasteiger partial charge in [0.05, 0.1) is 25.9 Å². The fraction of sp³-hybridized carbons (Fsp3) is 0.533. The van der Waals surface area contributed by atoms with Crippen molar-refractivity contribution < 1.29 is 14.3 Å². The number of nitrogens with one attached hydrogen (secondary N) is 1. The van der Waals surface area contributed by atoms with E-state index in [0.29, 0.717) is 6.54 Å². The summed E-state index contributed by atoms with van der Waals surface area (Å²) in [5, 5.41) is 2.61.